The van der Waals surface area contributed by atoms with Crippen LogP contribution in [0.5, 0.6) is 0 Å². The monoisotopic (exact) mass is 1050 g/mol. The normalized spacial score (nSPS) is 20.7. The third-order valence-corrected chi connectivity index (χ3v) is 17.9. The zero-order valence-corrected chi connectivity index (χ0v) is 44.6. The van der Waals surface area contributed by atoms with Gasteiger partial charge in [0.2, 0.25) is 23.6 Å². The first kappa shape index (κ1) is 51.0. The largest absolute Gasteiger partial charge is 0.372 e. The fraction of sp³-hybridized carbons (Fsp3) is 0.410. The lowest BCUT2D eigenvalue weighted by Crippen LogP contribution is -2.47. The molecule has 5 fully saturated rings. The summed E-state index contributed by atoms with van der Waals surface area (Å²) in [6.45, 7) is 4.22. The smallest absolute Gasteiger partial charge is 0.329 e. The van der Waals surface area contributed by atoms with Gasteiger partial charge in [0.15, 0.2) is 0 Å². The van der Waals surface area contributed by atoms with Gasteiger partial charge in [0, 0.05) is 107 Å². The number of benzene rings is 5. The Bertz CT molecular complexity index is 3420. The molecular formula is C61H67FN10O6. The number of nitrogens with one attached hydrogen (secondary N) is 3. The summed E-state index contributed by atoms with van der Waals surface area (Å²) < 4.78 is 21.2. The summed E-state index contributed by atoms with van der Waals surface area (Å²) in [5, 5.41) is 12.1. The van der Waals surface area contributed by atoms with Gasteiger partial charge in [-0.05, 0) is 147 Å². The summed E-state index contributed by atoms with van der Waals surface area (Å²) in [7, 11) is 5.22. The predicted octanol–water partition coefficient (Wildman–Crippen LogP) is 8.70. The van der Waals surface area contributed by atoms with Crippen LogP contribution < -0.4 is 41.3 Å². The minimum Gasteiger partial charge on any atom is -0.372 e. The number of fused-ring (bicyclic) bond motifs is 2. The molecule has 0 bridgehead atoms. The van der Waals surface area contributed by atoms with Gasteiger partial charge in [0.05, 0.1) is 22.4 Å². The Balaban J connectivity index is 0.772. The van der Waals surface area contributed by atoms with E-state index in [2.05, 4.69) is 56.1 Å². The van der Waals surface area contributed by atoms with Crippen LogP contribution in [0.15, 0.2) is 102 Å². The number of anilines is 5. The Hall–Kier alpha value is -7.79. The predicted molar refractivity (Wildman–Crippen MR) is 301 cm³/mol. The van der Waals surface area contributed by atoms with Gasteiger partial charge in [-0.1, -0.05) is 43.2 Å². The van der Waals surface area contributed by atoms with E-state index in [1.54, 1.807) is 47.5 Å². The number of piperidine rings is 3. The summed E-state index contributed by atoms with van der Waals surface area (Å²) in [4.78, 5) is 85.4. The molecule has 6 heterocycles. The van der Waals surface area contributed by atoms with Gasteiger partial charge >= 0.3 is 5.69 Å². The maximum absolute atomic E-state index is 18.0. The Kier molecular flexibility index (Phi) is 13.6. The van der Waals surface area contributed by atoms with E-state index in [0.717, 1.165) is 118 Å². The lowest BCUT2D eigenvalue weighted by Gasteiger charge is -2.41. The van der Waals surface area contributed by atoms with Gasteiger partial charge in [-0.2, -0.15) is 0 Å². The molecule has 2 unspecified atom stereocenters. The van der Waals surface area contributed by atoms with E-state index >= 15 is 4.39 Å². The number of imide groups is 1. The molecule has 17 heteroatoms. The van der Waals surface area contributed by atoms with Crippen molar-refractivity contribution in [1.82, 2.24) is 24.8 Å². The van der Waals surface area contributed by atoms with Crippen molar-refractivity contribution < 1.29 is 28.4 Å². The van der Waals surface area contributed by atoms with E-state index in [1.807, 2.05) is 64.4 Å². The fourth-order valence-electron chi connectivity index (χ4n) is 13.8. The Labute approximate surface area is 453 Å². The van der Waals surface area contributed by atoms with Crippen LogP contribution in [-0.4, -0.2) is 96.5 Å². The number of hydrazine groups is 1. The van der Waals surface area contributed by atoms with Crippen molar-refractivity contribution in [3.63, 3.8) is 0 Å². The highest BCUT2D eigenvalue weighted by Crippen LogP contribution is 2.49. The second-order valence-electron chi connectivity index (χ2n) is 22.2. The molecule has 1 aliphatic carbocycles. The van der Waals surface area contributed by atoms with Gasteiger partial charge in [-0.3, -0.25) is 38.4 Å². The number of para-hydroxylation sites is 1. The number of nitrogens with zero attached hydrogens (tertiary/aromatic N) is 7. The number of imidazole rings is 1. The quantitative estimate of drug-likeness (QED) is 0.107. The summed E-state index contributed by atoms with van der Waals surface area (Å²) >= 11 is 0. The van der Waals surface area contributed by atoms with Gasteiger partial charge in [0.25, 0.3) is 5.91 Å². The Morgan fingerprint density at radius 1 is 0.667 bits per heavy atom. The van der Waals surface area contributed by atoms with Crippen molar-refractivity contribution in [2.45, 2.75) is 95.2 Å². The highest BCUT2D eigenvalue weighted by molar-refractivity contribution is 6.02. The van der Waals surface area contributed by atoms with Gasteiger partial charge in [0.1, 0.15) is 17.9 Å². The molecule has 4 saturated heterocycles. The molecule has 0 radical (unpaired) electrons. The van der Waals surface area contributed by atoms with Crippen LogP contribution in [0.1, 0.15) is 105 Å². The molecule has 6 aromatic rings. The minimum absolute atomic E-state index is 0.0386. The molecule has 6 aliphatic rings. The van der Waals surface area contributed by atoms with Gasteiger partial charge in [-0.25, -0.2) is 14.2 Å². The van der Waals surface area contributed by atoms with Crippen LogP contribution in [-0.2, 0) is 26.2 Å². The van der Waals surface area contributed by atoms with Crippen LogP contribution in [0, 0.1) is 17.7 Å². The van der Waals surface area contributed by atoms with Crippen LogP contribution in [0.2, 0.25) is 0 Å². The van der Waals surface area contributed by atoms with Crippen molar-refractivity contribution in [1.29, 1.82) is 0 Å². The molecule has 5 aromatic carbocycles. The number of amides is 5. The Morgan fingerprint density at radius 2 is 1.36 bits per heavy atom. The molecule has 5 aliphatic heterocycles. The molecule has 5 amide bonds. The number of carbonyl (C=O) groups is 5. The highest BCUT2D eigenvalue weighted by Gasteiger charge is 2.46. The first-order chi connectivity index (χ1) is 37.9. The number of rotatable bonds is 11. The second kappa shape index (κ2) is 20.9. The maximum Gasteiger partial charge on any atom is 0.329 e. The zero-order chi connectivity index (χ0) is 53.9. The first-order valence-corrected chi connectivity index (χ1v) is 27.9. The molecule has 404 valence electrons. The van der Waals surface area contributed by atoms with Gasteiger partial charge in [-0.15, -0.1) is 0 Å². The number of aromatic nitrogens is 2. The molecule has 78 heavy (non-hydrogen) atoms. The maximum atomic E-state index is 18.0. The van der Waals surface area contributed by atoms with E-state index < -0.39 is 23.8 Å². The van der Waals surface area contributed by atoms with E-state index in [4.69, 9.17) is 0 Å². The highest BCUT2D eigenvalue weighted by atomic mass is 19.1. The van der Waals surface area contributed by atoms with Crippen molar-refractivity contribution in [3.8, 4) is 22.3 Å². The van der Waals surface area contributed by atoms with Gasteiger partial charge < -0.3 is 30.3 Å². The van der Waals surface area contributed by atoms with Crippen LogP contribution in [0.4, 0.5) is 32.8 Å². The van der Waals surface area contributed by atoms with E-state index in [-0.39, 0.29) is 41.8 Å². The number of hydrogen-bond acceptors (Lipinski definition) is 10. The Morgan fingerprint density at radius 3 is 2.05 bits per heavy atom. The topological polar surface area (TPSA) is 165 Å². The van der Waals surface area contributed by atoms with E-state index in [1.165, 1.54) is 0 Å². The molecule has 1 aromatic heterocycles. The van der Waals surface area contributed by atoms with Crippen molar-refractivity contribution >= 4 is 69.0 Å². The standard InChI is InChI=1S/C61H67FN10O6/c1-63-58(75)40-9-6-10-41(35-40)64-60(77)57-54-48(67(3)72(57)43-11-4-5-12-43)23-22-46(55(54)62)45-21-20-44(70-30-8-15-53(70)74)36-47(45)39-16-18-42(19-17-39)68-31-26-37(27-32-68)38-28-33-69(34-29-38)49-13-7-14-50-56(49)66(2)61(78)71(50)51-24-25-52(73)65-59(51)76/h6-7,9-10,13-14,16-23,35-38,43,51,57H,4-5,8,11-12,15,24-34H2,1-3H3,(H,63,75)(H,64,77)(H,65,73,76). The lowest BCUT2D eigenvalue weighted by molar-refractivity contribution is -0.135. The second-order valence-corrected chi connectivity index (χ2v) is 22.2. The average molecular weight is 1060 g/mol. The average Bonchev–Trinajstić information content (AvgIpc) is 4.28. The van der Waals surface area contributed by atoms with Crippen molar-refractivity contribution in [2.75, 3.05) is 71.8 Å². The van der Waals surface area contributed by atoms with Crippen LogP contribution in [0.3, 0.4) is 0 Å². The third kappa shape index (κ3) is 9.08. The lowest BCUT2D eigenvalue weighted by atomic mass is 9.78. The summed E-state index contributed by atoms with van der Waals surface area (Å²) in [6.07, 6.45) is 9.81. The van der Waals surface area contributed by atoms with Crippen molar-refractivity contribution in [2.24, 2.45) is 18.9 Å². The molecule has 2 atom stereocenters. The van der Waals surface area contributed by atoms with Crippen LogP contribution >= 0.6 is 0 Å². The number of hydrogen-bond donors (Lipinski definition) is 3. The molecule has 1 saturated carbocycles. The summed E-state index contributed by atoms with van der Waals surface area (Å²) in [6, 6.07) is 29.1. The molecular weight excluding hydrogens is 988 g/mol. The molecule has 12 rings (SSSR count). The first-order valence-electron chi connectivity index (χ1n) is 27.9. The van der Waals surface area contributed by atoms with E-state index in [9.17, 15) is 28.8 Å². The van der Waals surface area contributed by atoms with E-state index in [0.29, 0.717) is 70.4 Å². The number of halogens is 1. The number of aryl methyl sites for hydroxylation is 1. The van der Waals surface area contributed by atoms with Crippen LogP contribution in [0.25, 0.3) is 33.3 Å². The fourth-order valence-corrected chi connectivity index (χ4v) is 13.8. The SMILES string of the molecule is CNC(=O)c1cccc(NC(=O)C2c3c(ccc(-c4ccc(N5CCCC5=O)cc4-c4ccc(N5CCC(C6CCN(c7cccc8c7n(C)c(=O)n8C7CCC(=O)NC7=O)CC6)CC5)cc4)c3F)N(C)N2C2CCCC2)c1. The molecule has 3 N–H and O–H groups in total. The number of carbonyl (C=O) groups excluding carboxylic acids is 5. The molecule has 16 nitrogen and oxygen atoms in total. The van der Waals surface area contributed by atoms with Crippen molar-refractivity contribution in [3.05, 3.63) is 124 Å². The summed E-state index contributed by atoms with van der Waals surface area (Å²) in [5.74, 6) is -0.632. The molecule has 0 spiro atoms. The minimum atomic E-state index is -0.968. The summed E-state index contributed by atoms with van der Waals surface area (Å²) in [5.41, 5.74) is 8.64. The third-order valence-electron chi connectivity index (χ3n) is 17.9. The zero-order valence-electron chi connectivity index (χ0n) is 44.6.